The lowest BCUT2D eigenvalue weighted by Gasteiger charge is -1.95. The van der Waals surface area contributed by atoms with Crippen molar-refractivity contribution in [1.82, 2.24) is 9.97 Å². The number of alkyl halides is 1. The maximum atomic E-state index is 6.14. The molecule has 5 heteroatoms. The van der Waals surface area contributed by atoms with Crippen molar-refractivity contribution in [3.8, 4) is 10.4 Å². The largest absolute Gasteiger partial charge is 0.221 e. The van der Waals surface area contributed by atoms with Crippen LogP contribution in [-0.4, -0.2) is 9.97 Å². The summed E-state index contributed by atoms with van der Waals surface area (Å²) in [6.07, 6.45) is 0. The molecule has 1 aromatic carbocycles. The average Bonchev–Trinajstić information content (AvgIpc) is 2.84. The van der Waals surface area contributed by atoms with Gasteiger partial charge >= 0.3 is 0 Å². The first-order chi connectivity index (χ1) is 8.78. The third-order valence-electron chi connectivity index (χ3n) is 2.57. The zero-order valence-electron chi connectivity index (χ0n) is 9.23. The van der Waals surface area contributed by atoms with Crippen molar-refractivity contribution in [2.75, 3.05) is 0 Å². The minimum Gasteiger partial charge on any atom is -0.221 e. The molecule has 0 unspecified atom stereocenters. The Labute approximate surface area is 118 Å². The molecule has 2 aromatic heterocycles. The van der Waals surface area contributed by atoms with Crippen LogP contribution in [-0.2, 0) is 5.88 Å². The second kappa shape index (κ2) is 4.84. The van der Waals surface area contributed by atoms with E-state index in [4.69, 9.17) is 23.2 Å². The third-order valence-corrected chi connectivity index (χ3v) is 4.18. The number of benzene rings is 1. The summed E-state index contributed by atoms with van der Waals surface area (Å²) in [5.41, 5.74) is 1.16. The molecule has 0 N–H and O–H groups in total. The smallest absolute Gasteiger partial charge is 0.146 e. The van der Waals surface area contributed by atoms with Gasteiger partial charge in [0, 0.05) is 10.3 Å². The Kier molecular flexibility index (Phi) is 3.20. The quantitative estimate of drug-likeness (QED) is 0.503. The molecular weight excluding hydrogens is 287 g/mol. The molecule has 0 bridgehead atoms. The molecule has 0 fully saturated rings. The number of hydrogen-bond donors (Lipinski definition) is 0. The predicted molar refractivity (Wildman–Crippen MR) is 77.4 cm³/mol. The number of nitrogens with zero attached hydrogens (tertiary/aromatic N) is 2. The van der Waals surface area contributed by atoms with E-state index in [0.717, 1.165) is 20.7 Å². The fourth-order valence-corrected chi connectivity index (χ4v) is 3.21. The zero-order chi connectivity index (χ0) is 12.5. The molecule has 0 saturated carbocycles. The van der Waals surface area contributed by atoms with E-state index >= 15 is 0 Å². The minimum atomic E-state index is 0.272. The molecule has 0 aliphatic rings. The highest BCUT2D eigenvalue weighted by Gasteiger charge is 2.10. The van der Waals surface area contributed by atoms with Gasteiger partial charge in [0.15, 0.2) is 0 Å². The van der Waals surface area contributed by atoms with Gasteiger partial charge in [0.25, 0.3) is 0 Å². The van der Waals surface area contributed by atoms with E-state index in [1.54, 1.807) is 11.3 Å². The Bertz CT molecular complexity index is 695. The first-order valence-electron chi connectivity index (χ1n) is 5.35. The lowest BCUT2D eigenvalue weighted by molar-refractivity contribution is 1.07. The number of hydrogen-bond acceptors (Lipinski definition) is 3. The van der Waals surface area contributed by atoms with Gasteiger partial charge in [-0.05, 0) is 11.6 Å². The number of halogens is 2. The van der Waals surface area contributed by atoms with Crippen LogP contribution in [0.4, 0.5) is 0 Å². The van der Waals surface area contributed by atoms with Crippen LogP contribution < -0.4 is 0 Å². The van der Waals surface area contributed by atoms with Gasteiger partial charge in [0.1, 0.15) is 15.8 Å². The standard InChI is InChI=1S/C13H8Cl2N2S/c14-7-11-16-12(15)9-6-10(18-13(9)17-11)8-4-2-1-3-5-8/h1-6H,7H2. The summed E-state index contributed by atoms with van der Waals surface area (Å²) < 4.78 is 0. The van der Waals surface area contributed by atoms with Crippen LogP contribution in [0, 0.1) is 0 Å². The van der Waals surface area contributed by atoms with Crippen molar-refractivity contribution in [2.45, 2.75) is 5.88 Å². The van der Waals surface area contributed by atoms with Gasteiger partial charge in [-0.15, -0.1) is 22.9 Å². The van der Waals surface area contributed by atoms with Crippen LogP contribution in [0.25, 0.3) is 20.7 Å². The number of rotatable bonds is 2. The van der Waals surface area contributed by atoms with Gasteiger partial charge < -0.3 is 0 Å². The van der Waals surface area contributed by atoms with Crippen LogP contribution >= 0.6 is 34.5 Å². The number of thiophene rings is 1. The minimum absolute atomic E-state index is 0.272. The average molecular weight is 295 g/mol. The van der Waals surface area contributed by atoms with Crippen LogP contribution in [0.5, 0.6) is 0 Å². The lowest BCUT2D eigenvalue weighted by Crippen LogP contribution is -1.90. The maximum absolute atomic E-state index is 6.14. The molecular formula is C13H8Cl2N2S. The molecule has 0 aliphatic carbocycles. The van der Waals surface area contributed by atoms with Crippen molar-refractivity contribution >= 4 is 44.8 Å². The van der Waals surface area contributed by atoms with Crippen molar-refractivity contribution in [2.24, 2.45) is 0 Å². The van der Waals surface area contributed by atoms with E-state index < -0.39 is 0 Å². The fourth-order valence-electron chi connectivity index (χ4n) is 1.73. The van der Waals surface area contributed by atoms with Crippen LogP contribution in [0.1, 0.15) is 5.82 Å². The Morgan fingerprint density at radius 1 is 1.11 bits per heavy atom. The summed E-state index contributed by atoms with van der Waals surface area (Å²) in [6, 6.07) is 12.2. The second-order valence-corrected chi connectivity index (χ2v) is 5.42. The van der Waals surface area contributed by atoms with Crippen molar-refractivity contribution in [3.05, 3.63) is 47.4 Å². The summed E-state index contributed by atoms with van der Waals surface area (Å²) in [4.78, 5) is 10.6. The highest BCUT2D eigenvalue weighted by molar-refractivity contribution is 7.21. The molecule has 2 nitrogen and oxygen atoms in total. The summed E-state index contributed by atoms with van der Waals surface area (Å²) in [7, 11) is 0. The Balaban J connectivity index is 2.20. The van der Waals surface area contributed by atoms with E-state index in [1.807, 2.05) is 24.3 Å². The van der Waals surface area contributed by atoms with E-state index in [2.05, 4.69) is 22.1 Å². The molecule has 90 valence electrons. The van der Waals surface area contributed by atoms with Crippen molar-refractivity contribution in [1.29, 1.82) is 0 Å². The summed E-state index contributed by atoms with van der Waals surface area (Å²) in [5, 5.41) is 1.35. The summed E-state index contributed by atoms with van der Waals surface area (Å²) in [5.74, 6) is 0.837. The Morgan fingerprint density at radius 3 is 2.61 bits per heavy atom. The van der Waals surface area contributed by atoms with Crippen molar-refractivity contribution in [3.63, 3.8) is 0 Å². The molecule has 18 heavy (non-hydrogen) atoms. The van der Waals surface area contributed by atoms with E-state index in [-0.39, 0.29) is 5.88 Å². The second-order valence-electron chi connectivity index (χ2n) is 3.76. The lowest BCUT2D eigenvalue weighted by atomic mass is 10.2. The predicted octanol–water partition coefficient (Wildman–Crippen LogP) is 4.75. The maximum Gasteiger partial charge on any atom is 0.146 e. The molecule has 0 radical (unpaired) electrons. The first-order valence-corrected chi connectivity index (χ1v) is 7.08. The van der Waals surface area contributed by atoms with Gasteiger partial charge in [-0.2, -0.15) is 0 Å². The van der Waals surface area contributed by atoms with E-state index in [9.17, 15) is 0 Å². The highest BCUT2D eigenvalue weighted by atomic mass is 35.5. The Hall–Kier alpha value is -1.16. The topological polar surface area (TPSA) is 25.8 Å². The van der Waals surface area contributed by atoms with Gasteiger partial charge in [-0.1, -0.05) is 41.9 Å². The van der Waals surface area contributed by atoms with Crippen LogP contribution in [0.3, 0.4) is 0 Å². The molecule has 0 aliphatic heterocycles. The van der Waals surface area contributed by atoms with Crippen LogP contribution in [0.15, 0.2) is 36.4 Å². The molecule has 0 atom stereocenters. The zero-order valence-corrected chi connectivity index (χ0v) is 11.6. The summed E-state index contributed by atoms with van der Waals surface area (Å²) in [6.45, 7) is 0. The van der Waals surface area contributed by atoms with Crippen molar-refractivity contribution < 1.29 is 0 Å². The summed E-state index contributed by atoms with van der Waals surface area (Å²) >= 11 is 13.5. The molecule has 2 heterocycles. The number of fused-ring (bicyclic) bond motifs is 1. The molecule has 0 amide bonds. The van der Waals surface area contributed by atoms with Gasteiger partial charge in [-0.3, -0.25) is 0 Å². The van der Waals surface area contributed by atoms with E-state index in [1.165, 1.54) is 0 Å². The SMILES string of the molecule is ClCc1nc(Cl)c2cc(-c3ccccc3)sc2n1. The molecule has 3 rings (SSSR count). The monoisotopic (exact) mass is 294 g/mol. The van der Waals surface area contributed by atoms with Gasteiger partial charge in [-0.25, -0.2) is 9.97 Å². The van der Waals surface area contributed by atoms with Crippen LogP contribution in [0.2, 0.25) is 5.15 Å². The molecule has 3 aromatic rings. The van der Waals surface area contributed by atoms with Gasteiger partial charge in [0.2, 0.25) is 0 Å². The number of aromatic nitrogens is 2. The van der Waals surface area contributed by atoms with E-state index in [0.29, 0.717) is 11.0 Å². The third kappa shape index (κ3) is 2.09. The van der Waals surface area contributed by atoms with Gasteiger partial charge in [0.05, 0.1) is 5.88 Å². The normalized spacial score (nSPS) is 11.0. The molecule has 0 spiro atoms. The fraction of sp³-hybridized carbons (Fsp3) is 0.0769. The molecule has 0 saturated heterocycles. The Morgan fingerprint density at radius 2 is 1.89 bits per heavy atom. The first kappa shape index (κ1) is 11.9. The highest BCUT2D eigenvalue weighted by Crippen LogP contribution is 2.35.